The highest BCUT2D eigenvalue weighted by atomic mass is 19.1. The fourth-order valence-corrected chi connectivity index (χ4v) is 2.34. The molecule has 0 radical (unpaired) electrons. The number of fused-ring (bicyclic) bond motifs is 1. The Morgan fingerprint density at radius 1 is 0.958 bits per heavy atom. The first-order valence-corrected chi connectivity index (χ1v) is 7.44. The van der Waals surface area contributed by atoms with E-state index in [1.807, 2.05) is 42.5 Å². The number of halogens is 2. The highest BCUT2D eigenvalue weighted by Gasteiger charge is 2.08. The van der Waals surface area contributed by atoms with E-state index >= 15 is 0 Å². The monoisotopic (exact) mass is 327 g/mol. The van der Waals surface area contributed by atoms with E-state index in [1.54, 1.807) is 0 Å². The van der Waals surface area contributed by atoms with Gasteiger partial charge in [0.15, 0.2) is 18.2 Å². The number of ether oxygens (including phenoxy) is 1. The third kappa shape index (κ3) is 3.87. The summed E-state index contributed by atoms with van der Waals surface area (Å²) in [7, 11) is 0. The lowest BCUT2D eigenvalue weighted by molar-refractivity contribution is -0.123. The first-order valence-electron chi connectivity index (χ1n) is 7.44. The van der Waals surface area contributed by atoms with Gasteiger partial charge in [0.2, 0.25) is 0 Å². The summed E-state index contributed by atoms with van der Waals surface area (Å²) < 4.78 is 31.3. The zero-order chi connectivity index (χ0) is 16.9. The molecule has 0 aliphatic rings. The van der Waals surface area contributed by atoms with Crippen LogP contribution >= 0.6 is 0 Å². The van der Waals surface area contributed by atoms with Gasteiger partial charge in [-0.15, -0.1) is 0 Å². The molecule has 0 aromatic heterocycles. The van der Waals surface area contributed by atoms with E-state index in [0.29, 0.717) is 12.6 Å². The molecule has 122 valence electrons. The van der Waals surface area contributed by atoms with Gasteiger partial charge < -0.3 is 10.1 Å². The van der Waals surface area contributed by atoms with Crippen molar-refractivity contribution in [1.29, 1.82) is 0 Å². The molecular formula is C19H15F2NO2. The maximum absolute atomic E-state index is 13.4. The van der Waals surface area contributed by atoms with Crippen molar-refractivity contribution in [2.45, 2.75) is 6.54 Å². The van der Waals surface area contributed by atoms with Crippen molar-refractivity contribution in [2.75, 3.05) is 6.61 Å². The average Bonchev–Trinajstić information content (AvgIpc) is 2.59. The van der Waals surface area contributed by atoms with E-state index < -0.39 is 11.6 Å². The fourth-order valence-electron chi connectivity index (χ4n) is 2.34. The van der Waals surface area contributed by atoms with Gasteiger partial charge in [0.25, 0.3) is 5.91 Å². The van der Waals surface area contributed by atoms with Crippen LogP contribution in [0.25, 0.3) is 10.8 Å². The predicted molar refractivity (Wildman–Crippen MR) is 87.6 cm³/mol. The minimum Gasteiger partial charge on any atom is -0.481 e. The SMILES string of the molecule is O=C(COc1ccc(F)cc1F)NCc1ccc2ccccc2c1. The Labute approximate surface area is 137 Å². The molecule has 0 atom stereocenters. The third-order valence-electron chi connectivity index (χ3n) is 3.56. The Hall–Kier alpha value is -2.95. The number of amides is 1. The molecule has 5 heteroatoms. The maximum Gasteiger partial charge on any atom is 0.258 e. The van der Waals surface area contributed by atoms with Crippen LogP contribution in [0.3, 0.4) is 0 Å². The van der Waals surface area contributed by atoms with E-state index in [-0.39, 0.29) is 18.3 Å². The van der Waals surface area contributed by atoms with Crippen molar-refractivity contribution >= 4 is 16.7 Å². The fraction of sp³-hybridized carbons (Fsp3) is 0.105. The summed E-state index contributed by atoms with van der Waals surface area (Å²) in [4.78, 5) is 11.8. The highest BCUT2D eigenvalue weighted by Crippen LogP contribution is 2.17. The Kier molecular flexibility index (Phi) is 4.70. The first kappa shape index (κ1) is 15.9. The minimum atomic E-state index is -0.836. The van der Waals surface area contributed by atoms with Gasteiger partial charge in [-0.05, 0) is 34.5 Å². The highest BCUT2D eigenvalue weighted by molar-refractivity contribution is 5.83. The molecule has 3 aromatic carbocycles. The van der Waals surface area contributed by atoms with Crippen LogP contribution in [0.2, 0.25) is 0 Å². The van der Waals surface area contributed by atoms with Crippen LogP contribution in [-0.2, 0) is 11.3 Å². The molecule has 0 heterocycles. The Morgan fingerprint density at radius 2 is 1.75 bits per heavy atom. The Morgan fingerprint density at radius 3 is 2.54 bits per heavy atom. The number of hydrogen-bond acceptors (Lipinski definition) is 2. The van der Waals surface area contributed by atoms with Crippen LogP contribution in [0.5, 0.6) is 5.75 Å². The van der Waals surface area contributed by atoms with Gasteiger partial charge in [-0.3, -0.25) is 4.79 Å². The molecule has 3 nitrogen and oxygen atoms in total. The number of carbonyl (C=O) groups excluding carboxylic acids is 1. The standard InChI is InChI=1S/C19H15F2NO2/c20-16-7-8-18(17(21)10-16)24-12-19(23)22-11-13-5-6-14-3-1-2-4-15(14)9-13/h1-10H,11-12H2,(H,22,23). The van der Waals surface area contributed by atoms with Crippen molar-refractivity contribution < 1.29 is 18.3 Å². The third-order valence-corrected chi connectivity index (χ3v) is 3.56. The molecular weight excluding hydrogens is 312 g/mol. The van der Waals surface area contributed by atoms with Crippen molar-refractivity contribution in [3.63, 3.8) is 0 Å². The summed E-state index contributed by atoms with van der Waals surface area (Å²) >= 11 is 0. The second-order valence-electron chi connectivity index (χ2n) is 5.32. The molecule has 0 fully saturated rings. The summed E-state index contributed by atoms with van der Waals surface area (Å²) in [6.45, 7) is 0.00899. The van der Waals surface area contributed by atoms with E-state index in [1.165, 1.54) is 0 Å². The molecule has 0 aliphatic heterocycles. The largest absolute Gasteiger partial charge is 0.481 e. The maximum atomic E-state index is 13.4. The van der Waals surface area contributed by atoms with Gasteiger partial charge in [-0.1, -0.05) is 36.4 Å². The van der Waals surface area contributed by atoms with Crippen molar-refractivity contribution in [2.24, 2.45) is 0 Å². The molecule has 1 N–H and O–H groups in total. The quantitative estimate of drug-likeness (QED) is 0.774. The van der Waals surface area contributed by atoms with Gasteiger partial charge in [0.1, 0.15) is 5.82 Å². The van der Waals surface area contributed by atoms with Crippen LogP contribution in [0, 0.1) is 11.6 Å². The van der Waals surface area contributed by atoms with Gasteiger partial charge in [0, 0.05) is 12.6 Å². The van der Waals surface area contributed by atoms with Crippen LogP contribution in [-0.4, -0.2) is 12.5 Å². The van der Waals surface area contributed by atoms with Crippen LogP contribution in [0.1, 0.15) is 5.56 Å². The molecule has 3 rings (SSSR count). The topological polar surface area (TPSA) is 38.3 Å². The van der Waals surface area contributed by atoms with E-state index in [0.717, 1.165) is 28.5 Å². The number of hydrogen-bond donors (Lipinski definition) is 1. The van der Waals surface area contributed by atoms with Crippen LogP contribution in [0.4, 0.5) is 8.78 Å². The van der Waals surface area contributed by atoms with Gasteiger partial charge in [-0.25, -0.2) is 8.78 Å². The molecule has 3 aromatic rings. The molecule has 1 amide bonds. The summed E-state index contributed by atoms with van der Waals surface area (Å²) in [5.74, 6) is -2.07. The summed E-state index contributed by atoms with van der Waals surface area (Å²) in [5.41, 5.74) is 0.954. The van der Waals surface area contributed by atoms with Crippen LogP contribution < -0.4 is 10.1 Å². The minimum absolute atomic E-state index is 0.155. The lowest BCUT2D eigenvalue weighted by Crippen LogP contribution is -2.28. The molecule has 0 unspecified atom stereocenters. The van der Waals surface area contributed by atoms with Crippen molar-refractivity contribution in [1.82, 2.24) is 5.32 Å². The lowest BCUT2D eigenvalue weighted by atomic mass is 10.1. The van der Waals surface area contributed by atoms with Crippen molar-refractivity contribution in [3.05, 3.63) is 77.9 Å². The van der Waals surface area contributed by atoms with Gasteiger partial charge in [-0.2, -0.15) is 0 Å². The molecule has 0 saturated heterocycles. The van der Waals surface area contributed by atoms with E-state index in [4.69, 9.17) is 4.74 Å². The first-order chi connectivity index (χ1) is 11.6. The number of rotatable bonds is 5. The van der Waals surface area contributed by atoms with Crippen LogP contribution in [0.15, 0.2) is 60.7 Å². The lowest BCUT2D eigenvalue weighted by Gasteiger charge is -2.09. The zero-order valence-electron chi connectivity index (χ0n) is 12.8. The summed E-state index contributed by atoms with van der Waals surface area (Å²) in [5, 5.41) is 4.92. The molecule has 0 bridgehead atoms. The molecule has 24 heavy (non-hydrogen) atoms. The van der Waals surface area contributed by atoms with E-state index in [2.05, 4.69) is 5.32 Å². The van der Waals surface area contributed by atoms with Gasteiger partial charge >= 0.3 is 0 Å². The Bertz CT molecular complexity index is 880. The average molecular weight is 327 g/mol. The second kappa shape index (κ2) is 7.08. The summed E-state index contributed by atoms with van der Waals surface area (Å²) in [6.07, 6.45) is 0. The van der Waals surface area contributed by atoms with Crippen molar-refractivity contribution in [3.8, 4) is 5.75 Å². The predicted octanol–water partition coefficient (Wildman–Crippen LogP) is 3.81. The van der Waals surface area contributed by atoms with E-state index in [9.17, 15) is 13.6 Å². The number of nitrogens with one attached hydrogen (secondary N) is 1. The number of benzene rings is 3. The summed E-state index contributed by atoms with van der Waals surface area (Å²) in [6, 6.07) is 16.8. The normalized spacial score (nSPS) is 10.6. The number of carbonyl (C=O) groups is 1. The second-order valence-corrected chi connectivity index (χ2v) is 5.32. The Balaban J connectivity index is 1.54. The van der Waals surface area contributed by atoms with Gasteiger partial charge in [0.05, 0.1) is 0 Å². The smallest absolute Gasteiger partial charge is 0.258 e. The zero-order valence-corrected chi connectivity index (χ0v) is 12.8. The molecule has 0 saturated carbocycles. The molecule has 0 spiro atoms. The molecule has 0 aliphatic carbocycles.